The van der Waals surface area contributed by atoms with Crippen LogP contribution in [0.1, 0.15) is 45.1 Å². The van der Waals surface area contributed by atoms with Crippen LogP contribution in [0.4, 0.5) is 5.69 Å². The van der Waals surface area contributed by atoms with Crippen LogP contribution in [0.15, 0.2) is 24.3 Å². The molecule has 0 bridgehead atoms. The largest absolute Gasteiger partial charge is 0.378 e. The molecule has 1 rings (SSSR count). The quantitative estimate of drug-likeness (QED) is 0.716. The van der Waals surface area contributed by atoms with Crippen molar-refractivity contribution in [2.45, 2.75) is 46.1 Å². The molecule has 0 heterocycles. The van der Waals surface area contributed by atoms with Crippen LogP contribution in [0, 0.1) is 0 Å². The molecule has 0 saturated carbocycles. The number of nitrogens with zero attached hydrogens (tertiary/aromatic N) is 2. The first kappa shape index (κ1) is 20.0. The van der Waals surface area contributed by atoms with Gasteiger partial charge in [-0.3, -0.25) is 9.59 Å². The molecule has 5 nitrogen and oxygen atoms in total. The van der Waals surface area contributed by atoms with Crippen LogP contribution in [-0.2, 0) is 16.1 Å². The molecular formula is C19H31N3O2. The highest BCUT2D eigenvalue weighted by Gasteiger charge is 2.13. The van der Waals surface area contributed by atoms with Gasteiger partial charge in [-0.05, 0) is 37.5 Å². The maximum absolute atomic E-state index is 12.3. The van der Waals surface area contributed by atoms with Gasteiger partial charge in [0.15, 0.2) is 0 Å². The molecule has 0 aromatic heterocycles. The molecule has 0 aliphatic carbocycles. The second kappa shape index (κ2) is 10.7. The van der Waals surface area contributed by atoms with Crippen molar-refractivity contribution in [3.8, 4) is 0 Å². The van der Waals surface area contributed by atoms with E-state index in [1.54, 1.807) is 0 Å². The monoisotopic (exact) mass is 333 g/mol. The van der Waals surface area contributed by atoms with Gasteiger partial charge in [-0.25, -0.2) is 0 Å². The number of carbonyl (C=O) groups excluding carboxylic acids is 2. The Bertz CT molecular complexity index is 512. The molecule has 1 N–H and O–H groups in total. The Morgan fingerprint density at radius 1 is 1.04 bits per heavy atom. The summed E-state index contributed by atoms with van der Waals surface area (Å²) in [5, 5.41) is 2.84. The maximum Gasteiger partial charge on any atom is 0.222 e. The summed E-state index contributed by atoms with van der Waals surface area (Å²) in [7, 11) is 4.01. The van der Waals surface area contributed by atoms with E-state index in [1.165, 1.54) is 0 Å². The number of carbonyl (C=O) groups is 2. The van der Waals surface area contributed by atoms with E-state index in [9.17, 15) is 9.59 Å². The lowest BCUT2D eigenvalue weighted by Gasteiger charge is -2.21. The van der Waals surface area contributed by atoms with E-state index in [1.807, 2.05) is 32.8 Å². The molecule has 0 radical (unpaired) electrons. The van der Waals surface area contributed by atoms with Crippen molar-refractivity contribution in [1.82, 2.24) is 10.2 Å². The van der Waals surface area contributed by atoms with E-state index < -0.39 is 0 Å². The Hall–Kier alpha value is -2.04. The minimum Gasteiger partial charge on any atom is -0.378 e. The standard InChI is InChI=1S/C19H31N3O2/c1-5-14-20-18(23)8-7-9-19(24)22(6-2)15-16-10-12-17(13-11-16)21(3)4/h10-13H,5-9,14-15H2,1-4H3,(H,20,23). The van der Waals surface area contributed by atoms with Crippen LogP contribution in [-0.4, -0.2) is 43.9 Å². The Labute approximate surface area is 146 Å². The Morgan fingerprint density at radius 2 is 1.71 bits per heavy atom. The molecule has 24 heavy (non-hydrogen) atoms. The smallest absolute Gasteiger partial charge is 0.222 e. The molecule has 0 aliphatic heterocycles. The summed E-state index contributed by atoms with van der Waals surface area (Å²) in [4.78, 5) is 27.8. The predicted octanol–water partition coefficient (Wildman–Crippen LogP) is 2.80. The lowest BCUT2D eigenvalue weighted by Crippen LogP contribution is -2.30. The molecule has 0 unspecified atom stereocenters. The average molecular weight is 333 g/mol. The van der Waals surface area contributed by atoms with Crippen LogP contribution in [0.2, 0.25) is 0 Å². The average Bonchev–Trinajstić information content (AvgIpc) is 2.58. The van der Waals surface area contributed by atoms with E-state index in [0.29, 0.717) is 38.9 Å². The van der Waals surface area contributed by atoms with E-state index in [2.05, 4.69) is 34.5 Å². The van der Waals surface area contributed by atoms with Crippen molar-refractivity contribution in [3.05, 3.63) is 29.8 Å². The fourth-order valence-corrected chi connectivity index (χ4v) is 2.41. The molecule has 2 amide bonds. The van der Waals surface area contributed by atoms with Gasteiger partial charge in [0, 0.05) is 52.3 Å². The zero-order chi connectivity index (χ0) is 17.9. The van der Waals surface area contributed by atoms with Crippen molar-refractivity contribution >= 4 is 17.5 Å². The molecule has 0 spiro atoms. The molecule has 0 fully saturated rings. The highest BCUT2D eigenvalue weighted by molar-refractivity contribution is 5.79. The summed E-state index contributed by atoms with van der Waals surface area (Å²) in [6.07, 6.45) is 2.37. The van der Waals surface area contributed by atoms with Gasteiger partial charge in [0.25, 0.3) is 0 Å². The van der Waals surface area contributed by atoms with E-state index in [0.717, 1.165) is 17.7 Å². The van der Waals surface area contributed by atoms with Crippen molar-refractivity contribution < 1.29 is 9.59 Å². The second-order valence-electron chi connectivity index (χ2n) is 6.17. The molecule has 0 atom stereocenters. The number of anilines is 1. The fraction of sp³-hybridized carbons (Fsp3) is 0.579. The Balaban J connectivity index is 2.44. The van der Waals surface area contributed by atoms with Crippen molar-refractivity contribution in [3.63, 3.8) is 0 Å². The zero-order valence-electron chi connectivity index (χ0n) is 15.5. The zero-order valence-corrected chi connectivity index (χ0v) is 15.5. The first-order chi connectivity index (χ1) is 11.5. The first-order valence-corrected chi connectivity index (χ1v) is 8.78. The Kier molecular flexibility index (Phi) is 8.90. The molecule has 0 saturated heterocycles. The maximum atomic E-state index is 12.3. The predicted molar refractivity (Wildman–Crippen MR) is 99.0 cm³/mol. The lowest BCUT2D eigenvalue weighted by atomic mass is 10.1. The fourth-order valence-electron chi connectivity index (χ4n) is 2.41. The van der Waals surface area contributed by atoms with Gasteiger partial charge in [0.1, 0.15) is 0 Å². The van der Waals surface area contributed by atoms with Crippen molar-refractivity contribution in [2.75, 3.05) is 32.1 Å². The van der Waals surface area contributed by atoms with Crippen LogP contribution in [0.25, 0.3) is 0 Å². The molecule has 0 aliphatic rings. The summed E-state index contributed by atoms with van der Waals surface area (Å²) in [5.41, 5.74) is 2.27. The van der Waals surface area contributed by atoms with Gasteiger partial charge < -0.3 is 15.1 Å². The molecule has 134 valence electrons. The van der Waals surface area contributed by atoms with Crippen molar-refractivity contribution in [2.24, 2.45) is 0 Å². The van der Waals surface area contributed by atoms with E-state index in [4.69, 9.17) is 0 Å². The summed E-state index contributed by atoms with van der Waals surface area (Å²) in [6.45, 7) is 6.01. The van der Waals surface area contributed by atoms with E-state index in [-0.39, 0.29) is 11.8 Å². The summed E-state index contributed by atoms with van der Waals surface area (Å²) in [6, 6.07) is 8.24. The van der Waals surface area contributed by atoms with Crippen LogP contribution < -0.4 is 10.2 Å². The highest BCUT2D eigenvalue weighted by atomic mass is 16.2. The number of rotatable bonds is 10. The van der Waals surface area contributed by atoms with Gasteiger partial charge in [-0.1, -0.05) is 19.1 Å². The van der Waals surface area contributed by atoms with Crippen LogP contribution >= 0.6 is 0 Å². The SMILES string of the molecule is CCCNC(=O)CCCC(=O)N(CC)Cc1ccc(N(C)C)cc1. The van der Waals surface area contributed by atoms with Gasteiger partial charge in [0.05, 0.1) is 0 Å². The summed E-state index contributed by atoms with van der Waals surface area (Å²) in [5.74, 6) is 0.143. The molecule has 1 aromatic carbocycles. The van der Waals surface area contributed by atoms with Crippen molar-refractivity contribution in [1.29, 1.82) is 0 Å². The third kappa shape index (κ3) is 7.02. The first-order valence-electron chi connectivity index (χ1n) is 8.78. The minimum atomic E-state index is 0.0342. The van der Waals surface area contributed by atoms with E-state index >= 15 is 0 Å². The summed E-state index contributed by atoms with van der Waals surface area (Å²) < 4.78 is 0. The number of benzene rings is 1. The van der Waals surface area contributed by atoms with Gasteiger partial charge in [-0.15, -0.1) is 0 Å². The molecular weight excluding hydrogens is 302 g/mol. The number of hydrogen-bond acceptors (Lipinski definition) is 3. The lowest BCUT2D eigenvalue weighted by molar-refractivity contribution is -0.131. The normalized spacial score (nSPS) is 10.3. The third-order valence-corrected chi connectivity index (χ3v) is 3.93. The number of nitrogens with one attached hydrogen (secondary N) is 1. The number of amides is 2. The third-order valence-electron chi connectivity index (χ3n) is 3.93. The molecule has 1 aromatic rings. The van der Waals surface area contributed by atoms with Gasteiger partial charge in [0.2, 0.25) is 11.8 Å². The topological polar surface area (TPSA) is 52.7 Å². The second-order valence-corrected chi connectivity index (χ2v) is 6.17. The highest BCUT2D eigenvalue weighted by Crippen LogP contribution is 2.14. The minimum absolute atomic E-state index is 0.0342. The van der Waals surface area contributed by atoms with Crippen LogP contribution in [0.3, 0.4) is 0 Å². The van der Waals surface area contributed by atoms with Gasteiger partial charge in [-0.2, -0.15) is 0 Å². The number of hydrogen-bond donors (Lipinski definition) is 1. The Morgan fingerprint density at radius 3 is 2.25 bits per heavy atom. The van der Waals surface area contributed by atoms with Gasteiger partial charge >= 0.3 is 0 Å². The summed E-state index contributed by atoms with van der Waals surface area (Å²) >= 11 is 0. The molecule has 5 heteroatoms. The van der Waals surface area contributed by atoms with Crippen LogP contribution in [0.5, 0.6) is 0 Å².